The lowest BCUT2D eigenvalue weighted by molar-refractivity contribution is 0.795. The van der Waals surface area contributed by atoms with Gasteiger partial charge in [0.2, 0.25) is 0 Å². The minimum Gasteiger partial charge on any atom is -0.309 e. The summed E-state index contributed by atoms with van der Waals surface area (Å²) in [5.74, 6) is 0. The average molecular weight is 327 g/mol. The Labute approximate surface area is 147 Å². The van der Waals surface area contributed by atoms with E-state index in [1.165, 1.54) is 18.4 Å². The van der Waals surface area contributed by atoms with Crippen LogP contribution in [0.2, 0.25) is 0 Å². The molecule has 0 amide bonds. The molecular weight excluding hydrogens is 306 g/mol. The summed E-state index contributed by atoms with van der Waals surface area (Å²) in [6.45, 7) is 2.22. The summed E-state index contributed by atoms with van der Waals surface area (Å²) in [6, 6.07) is 24.4. The molecule has 0 saturated heterocycles. The van der Waals surface area contributed by atoms with Gasteiger partial charge in [0.25, 0.3) is 0 Å². The molecule has 0 bridgehead atoms. The van der Waals surface area contributed by atoms with E-state index < -0.39 is 0 Å². The Morgan fingerprint density at radius 3 is 1.88 bits per heavy atom. The van der Waals surface area contributed by atoms with Gasteiger partial charge in [-0.05, 0) is 54.8 Å². The lowest BCUT2D eigenvalue weighted by Gasteiger charge is -2.15. The third-order valence-corrected chi connectivity index (χ3v) is 4.79. The number of rotatable bonds is 4. The van der Waals surface area contributed by atoms with Crippen molar-refractivity contribution in [3.05, 3.63) is 88.6 Å². The quantitative estimate of drug-likeness (QED) is 0.454. The Hall–Kier alpha value is -2.87. The van der Waals surface area contributed by atoms with Crippen LogP contribution in [-0.2, 0) is 6.42 Å². The van der Waals surface area contributed by atoms with Crippen LogP contribution in [-0.4, -0.2) is 4.57 Å². The van der Waals surface area contributed by atoms with E-state index in [2.05, 4.69) is 35.8 Å². The van der Waals surface area contributed by atoms with Crippen molar-refractivity contribution >= 4 is 21.8 Å². The number of unbranched alkanes of at least 4 members (excludes halogenated alkanes) is 1. The molecule has 0 radical (unpaired) electrons. The number of hydrogen-bond donors (Lipinski definition) is 0. The lowest BCUT2D eigenvalue weighted by Crippen LogP contribution is -2.10. The zero-order chi connectivity index (χ0) is 17.2. The molecule has 0 atom stereocenters. The summed E-state index contributed by atoms with van der Waals surface area (Å²) in [7, 11) is 0. The van der Waals surface area contributed by atoms with Gasteiger partial charge >= 0.3 is 0 Å². The van der Waals surface area contributed by atoms with Crippen LogP contribution in [0, 0.1) is 0 Å². The molecule has 0 spiro atoms. The highest BCUT2D eigenvalue weighted by atomic mass is 16.1. The van der Waals surface area contributed by atoms with Crippen LogP contribution < -0.4 is 5.43 Å². The maximum Gasteiger partial charge on any atom is 0.197 e. The van der Waals surface area contributed by atoms with E-state index >= 15 is 0 Å². The lowest BCUT2D eigenvalue weighted by atomic mass is 10.1. The summed E-state index contributed by atoms with van der Waals surface area (Å²) in [5, 5.41) is 1.52. The predicted molar refractivity (Wildman–Crippen MR) is 106 cm³/mol. The molecule has 0 saturated carbocycles. The maximum absolute atomic E-state index is 12.8. The van der Waals surface area contributed by atoms with Crippen LogP contribution in [0.5, 0.6) is 0 Å². The van der Waals surface area contributed by atoms with Crippen LogP contribution in [0.4, 0.5) is 0 Å². The van der Waals surface area contributed by atoms with Gasteiger partial charge in [0.1, 0.15) is 0 Å². The number of nitrogens with zero attached hydrogens (tertiary/aromatic N) is 1. The van der Waals surface area contributed by atoms with Crippen molar-refractivity contribution in [3.63, 3.8) is 0 Å². The molecular formula is C23H21NO. The Kier molecular flexibility index (Phi) is 4.10. The number of fused-ring (bicyclic) bond motifs is 2. The summed E-state index contributed by atoms with van der Waals surface area (Å²) in [4.78, 5) is 12.8. The first-order valence-electron chi connectivity index (χ1n) is 8.91. The summed E-state index contributed by atoms with van der Waals surface area (Å²) in [5.41, 5.74) is 4.45. The Morgan fingerprint density at radius 1 is 0.760 bits per heavy atom. The molecule has 0 N–H and O–H groups in total. The van der Waals surface area contributed by atoms with E-state index in [1.54, 1.807) is 0 Å². The van der Waals surface area contributed by atoms with E-state index in [0.29, 0.717) is 0 Å². The fourth-order valence-corrected chi connectivity index (χ4v) is 3.47. The normalized spacial score (nSPS) is 11.2. The minimum absolute atomic E-state index is 0.0991. The second-order valence-corrected chi connectivity index (χ2v) is 6.47. The van der Waals surface area contributed by atoms with Crippen molar-refractivity contribution in [2.75, 3.05) is 0 Å². The molecule has 124 valence electrons. The first-order chi connectivity index (χ1) is 12.3. The molecule has 2 nitrogen and oxygen atoms in total. The van der Waals surface area contributed by atoms with Gasteiger partial charge in [-0.25, -0.2) is 0 Å². The van der Waals surface area contributed by atoms with Gasteiger partial charge in [-0.15, -0.1) is 0 Å². The number of para-hydroxylation sites is 2. The first-order valence-corrected chi connectivity index (χ1v) is 8.91. The fourth-order valence-electron chi connectivity index (χ4n) is 3.47. The number of hydrogen-bond acceptors (Lipinski definition) is 1. The fraction of sp³-hybridized carbons (Fsp3) is 0.174. The molecule has 3 aromatic carbocycles. The predicted octanol–water partition coefficient (Wildman–Crippen LogP) is 5.49. The number of benzene rings is 3. The van der Waals surface area contributed by atoms with Gasteiger partial charge in [0.05, 0.1) is 11.0 Å². The van der Waals surface area contributed by atoms with Crippen molar-refractivity contribution in [1.82, 2.24) is 4.57 Å². The summed E-state index contributed by atoms with van der Waals surface area (Å²) >= 11 is 0. The van der Waals surface area contributed by atoms with Gasteiger partial charge in [-0.2, -0.15) is 0 Å². The summed E-state index contributed by atoms with van der Waals surface area (Å²) < 4.78 is 2.19. The second-order valence-electron chi connectivity index (χ2n) is 6.47. The highest BCUT2D eigenvalue weighted by Gasteiger charge is 2.11. The Morgan fingerprint density at radius 2 is 1.32 bits per heavy atom. The number of aromatic nitrogens is 1. The molecule has 0 aliphatic carbocycles. The van der Waals surface area contributed by atoms with Crippen molar-refractivity contribution in [2.45, 2.75) is 26.2 Å². The van der Waals surface area contributed by atoms with Crippen molar-refractivity contribution in [1.29, 1.82) is 0 Å². The van der Waals surface area contributed by atoms with Gasteiger partial charge in [0.15, 0.2) is 5.43 Å². The summed E-state index contributed by atoms with van der Waals surface area (Å²) in [6.07, 6.45) is 3.53. The zero-order valence-electron chi connectivity index (χ0n) is 14.4. The van der Waals surface area contributed by atoms with Crippen molar-refractivity contribution in [2.24, 2.45) is 0 Å². The third kappa shape index (κ3) is 2.74. The molecule has 1 aromatic heterocycles. The average Bonchev–Trinajstić information content (AvgIpc) is 2.68. The van der Waals surface area contributed by atoms with Gasteiger partial charge in [-0.1, -0.05) is 49.7 Å². The standard InChI is InChI=1S/C23H21NO/c1-2-3-8-17-13-15-18(16-14-17)24-21-11-6-4-9-19(21)23(25)20-10-5-7-12-22(20)24/h4-7,9-16H,2-3,8H2,1H3. The molecule has 4 rings (SSSR count). The monoisotopic (exact) mass is 327 g/mol. The number of pyridine rings is 1. The first kappa shape index (κ1) is 15.6. The molecule has 0 aliphatic heterocycles. The number of aryl methyl sites for hydroxylation is 1. The van der Waals surface area contributed by atoms with Crippen LogP contribution in [0.1, 0.15) is 25.3 Å². The third-order valence-electron chi connectivity index (χ3n) is 4.79. The minimum atomic E-state index is 0.0991. The van der Waals surface area contributed by atoms with Gasteiger partial charge in [0, 0.05) is 16.5 Å². The van der Waals surface area contributed by atoms with Crippen LogP contribution in [0.15, 0.2) is 77.6 Å². The van der Waals surface area contributed by atoms with Gasteiger partial charge < -0.3 is 4.57 Å². The van der Waals surface area contributed by atoms with Crippen LogP contribution in [0.3, 0.4) is 0 Å². The molecule has 2 heteroatoms. The van der Waals surface area contributed by atoms with E-state index in [-0.39, 0.29) is 5.43 Å². The largest absolute Gasteiger partial charge is 0.309 e. The highest BCUT2D eigenvalue weighted by Crippen LogP contribution is 2.24. The molecule has 4 aromatic rings. The van der Waals surface area contributed by atoms with Crippen LogP contribution in [0.25, 0.3) is 27.5 Å². The smallest absolute Gasteiger partial charge is 0.197 e. The molecule has 1 heterocycles. The van der Waals surface area contributed by atoms with Crippen molar-refractivity contribution < 1.29 is 0 Å². The van der Waals surface area contributed by atoms with Crippen LogP contribution >= 0.6 is 0 Å². The van der Waals surface area contributed by atoms with E-state index in [4.69, 9.17) is 0 Å². The maximum atomic E-state index is 12.8. The van der Waals surface area contributed by atoms with Crippen molar-refractivity contribution in [3.8, 4) is 5.69 Å². The topological polar surface area (TPSA) is 22.0 Å². The Bertz CT molecular complexity index is 1030. The second kappa shape index (κ2) is 6.56. The molecule has 0 aliphatic rings. The SMILES string of the molecule is CCCCc1ccc(-n2c3ccccc3c(=O)c3ccccc32)cc1. The molecule has 0 unspecified atom stereocenters. The molecule has 0 fully saturated rings. The van der Waals surface area contributed by atoms with E-state index in [0.717, 1.165) is 33.9 Å². The zero-order valence-corrected chi connectivity index (χ0v) is 14.4. The Balaban J connectivity index is 1.99. The molecule has 25 heavy (non-hydrogen) atoms. The van der Waals surface area contributed by atoms with Gasteiger partial charge in [-0.3, -0.25) is 4.79 Å². The highest BCUT2D eigenvalue weighted by molar-refractivity contribution is 5.95. The van der Waals surface area contributed by atoms with E-state index in [1.807, 2.05) is 48.5 Å². The van der Waals surface area contributed by atoms with E-state index in [9.17, 15) is 4.79 Å².